The normalized spacial score (nSPS) is 19.0. The number of anilines is 1. The predicted octanol–water partition coefficient (Wildman–Crippen LogP) is 5.32. The molecule has 3 aromatic rings. The number of thioether (sulfide) groups is 1. The first-order chi connectivity index (χ1) is 17.9. The van der Waals surface area contributed by atoms with Gasteiger partial charge >= 0.3 is 0 Å². The first-order valence-electron chi connectivity index (χ1n) is 11.8. The highest BCUT2D eigenvalue weighted by Crippen LogP contribution is 2.39. The number of carbonyl (C=O) groups is 2. The number of hydrogen-bond acceptors (Lipinski definition) is 6. The van der Waals surface area contributed by atoms with E-state index in [1.165, 1.54) is 17.8 Å². The van der Waals surface area contributed by atoms with Crippen LogP contribution in [0.1, 0.15) is 35.6 Å². The zero-order chi connectivity index (χ0) is 25.9. The highest BCUT2D eigenvalue weighted by molar-refractivity contribution is 8.15. The number of methoxy groups -OCH3 is 1. The number of hydrogen-bond donors (Lipinski definition) is 1. The monoisotopic (exact) mass is 516 g/mol. The number of hydrazone groups is 1. The third kappa shape index (κ3) is 5.41. The molecule has 9 heteroatoms. The van der Waals surface area contributed by atoms with Gasteiger partial charge in [-0.05, 0) is 55.0 Å². The molecular weight excluding hydrogens is 491 g/mol. The molecule has 0 bridgehead atoms. The lowest BCUT2D eigenvalue weighted by molar-refractivity contribution is -0.121. The molecule has 0 unspecified atom stereocenters. The van der Waals surface area contributed by atoms with Gasteiger partial charge in [0.25, 0.3) is 5.91 Å². The minimum Gasteiger partial charge on any atom is -0.497 e. The largest absolute Gasteiger partial charge is 0.497 e. The molecule has 3 aromatic carbocycles. The number of amides is 2. The van der Waals surface area contributed by atoms with E-state index in [4.69, 9.17) is 9.84 Å². The van der Waals surface area contributed by atoms with E-state index in [9.17, 15) is 14.0 Å². The Bertz CT molecular complexity index is 1390. The van der Waals surface area contributed by atoms with Crippen molar-refractivity contribution in [2.45, 2.75) is 31.1 Å². The number of amidine groups is 1. The van der Waals surface area contributed by atoms with Crippen molar-refractivity contribution in [3.63, 3.8) is 0 Å². The quantitative estimate of drug-likeness (QED) is 0.480. The Kier molecular flexibility index (Phi) is 7.05. The van der Waals surface area contributed by atoms with Crippen LogP contribution in [-0.2, 0) is 9.59 Å². The Morgan fingerprint density at radius 1 is 1.11 bits per heavy atom. The number of rotatable bonds is 6. The molecular formula is C28H25FN4O3S. The van der Waals surface area contributed by atoms with E-state index in [1.807, 2.05) is 55.5 Å². The first-order valence-corrected chi connectivity index (χ1v) is 12.7. The smallest absolute Gasteiger partial charge is 0.262 e. The van der Waals surface area contributed by atoms with Gasteiger partial charge in [0.2, 0.25) is 5.91 Å². The van der Waals surface area contributed by atoms with Crippen molar-refractivity contribution < 1.29 is 18.7 Å². The zero-order valence-electron chi connectivity index (χ0n) is 20.3. The van der Waals surface area contributed by atoms with Crippen molar-refractivity contribution in [2.24, 2.45) is 10.1 Å². The molecule has 0 saturated heterocycles. The number of benzene rings is 3. The summed E-state index contributed by atoms with van der Waals surface area (Å²) in [7, 11) is 1.60. The highest BCUT2D eigenvalue weighted by Gasteiger charge is 2.39. The Morgan fingerprint density at radius 2 is 1.84 bits per heavy atom. The van der Waals surface area contributed by atoms with Gasteiger partial charge < -0.3 is 10.1 Å². The van der Waals surface area contributed by atoms with Crippen molar-refractivity contribution in [1.29, 1.82) is 0 Å². The summed E-state index contributed by atoms with van der Waals surface area (Å²) in [6, 6.07) is 21.0. The average molecular weight is 517 g/mol. The molecule has 1 N–H and O–H groups in total. The number of nitrogens with zero attached hydrogens (tertiary/aromatic N) is 3. The standard InChI is InChI=1S/C28H25FN4O3S/c1-17-7-11-19(12-8-17)30-26(34)16-25-27(35)31-28(37-25)33-24(21-5-3-4-6-22(21)29)15-23(32-33)18-9-13-20(36-2)14-10-18/h3-14,24-25H,15-16H2,1-2H3,(H,30,34)/t24-,25-/m0/s1. The van der Waals surface area contributed by atoms with Gasteiger partial charge in [0.1, 0.15) is 16.8 Å². The SMILES string of the molecule is COc1ccc(C2=NN(C3=NC(=O)[C@H](CC(=O)Nc4ccc(C)cc4)S3)[C@H](c3ccccc3F)C2)cc1. The van der Waals surface area contributed by atoms with Crippen molar-refractivity contribution in [3.05, 3.63) is 95.3 Å². The Balaban J connectivity index is 1.36. The van der Waals surface area contributed by atoms with Crippen molar-refractivity contribution in [2.75, 3.05) is 12.4 Å². The lowest BCUT2D eigenvalue weighted by Gasteiger charge is -2.23. The van der Waals surface area contributed by atoms with Crippen LogP contribution >= 0.6 is 11.8 Å². The summed E-state index contributed by atoms with van der Waals surface area (Å²) in [6.45, 7) is 1.97. The van der Waals surface area contributed by atoms with Crippen LogP contribution in [0, 0.1) is 12.7 Å². The second-order valence-corrected chi connectivity index (χ2v) is 9.99. The van der Waals surface area contributed by atoms with E-state index in [1.54, 1.807) is 30.3 Å². The molecule has 37 heavy (non-hydrogen) atoms. The van der Waals surface area contributed by atoms with E-state index >= 15 is 0 Å². The fourth-order valence-corrected chi connectivity index (χ4v) is 5.32. The molecule has 7 nitrogen and oxygen atoms in total. The zero-order valence-corrected chi connectivity index (χ0v) is 21.2. The molecule has 2 aliphatic heterocycles. The van der Waals surface area contributed by atoms with Crippen LogP contribution in [0.3, 0.4) is 0 Å². The minimum absolute atomic E-state index is 0.0301. The van der Waals surface area contributed by atoms with Crippen molar-refractivity contribution >= 4 is 40.1 Å². The Hall–Kier alpha value is -3.98. The van der Waals surface area contributed by atoms with Gasteiger partial charge in [0.05, 0.1) is 18.9 Å². The van der Waals surface area contributed by atoms with Crippen LogP contribution in [-0.4, -0.2) is 40.1 Å². The van der Waals surface area contributed by atoms with Crippen molar-refractivity contribution in [3.8, 4) is 5.75 Å². The number of nitrogens with one attached hydrogen (secondary N) is 1. The second-order valence-electron chi connectivity index (χ2n) is 8.82. The fourth-order valence-electron chi connectivity index (χ4n) is 4.25. The van der Waals surface area contributed by atoms with Crippen molar-refractivity contribution in [1.82, 2.24) is 5.01 Å². The fraction of sp³-hybridized carbons (Fsp3) is 0.214. The summed E-state index contributed by atoms with van der Waals surface area (Å²) in [6.07, 6.45) is 0.400. The summed E-state index contributed by atoms with van der Waals surface area (Å²) in [5.41, 5.74) is 3.83. The number of aliphatic imine (C=N–C) groups is 1. The van der Waals surface area contributed by atoms with Gasteiger partial charge in [0.15, 0.2) is 5.17 Å². The maximum Gasteiger partial charge on any atom is 0.262 e. The van der Waals surface area contributed by atoms with Crippen LogP contribution in [0.15, 0.2) is 82.9 Å². The van der Waals surface area contributed by atoms with Gasteiger partial charge in [-0.2, -0.15) is 10.1 Å². The summed E-state index contributed by atoms with van der Waals surface area (Å²) in [5.74, 6) is -0.314. The Morgan fingerprint density at radius 3 is 2.54 bits per heavy atom. The number of carbonyl (C=O) groups excluding carboxylic acids is 2. The first kappa shape index (κ1) is 24.7. The van der Waals surface area contributed by atoms with E-state index in [0.717, 1.165) is 22.6 Å². The molecule has 2 amide bonds. The Labute approximate surface area is 218 Å². The molecule has 0 aliphatic carbocycles. The van der Waals surface area contributed by atoms with E-state index in [-0.39, 0.29) is 18.1 Å². The maximum absolute atomic E-state index is 14.8. The van der Waals surface area contributed by atoms with Crippen LogP contribution in [0.5, 0.6) is 5.75 Å². The van der Waals surface area contributed by atoms with Crippen LogP contribution in [0.25, 0.3) is 0 Å². The van der Waals surface area contributed by atoms with E-state index < -0.39 is 17.2 Å². The number of halogens is 1. The van der Waals surface area contributed by atoms with Gasteiger partial charge in [-0.1, -0.05) is 47.7 Å². The van der Waals surface area contributed by atoms with Crippen LogP contribution in [0.2, 0.25) is 0 Å². The summed E-state index contributed by atoms with van der Waals surface area (Å²) < 4.78 is 20.1. The van der Waals surface area contributed by atoms with Gasteiger partial charge in [0, 0.05) is 24.1 Å². The molecule has 0 saturated carbocycles. The van der Waals surface area contributed by atoms with Gasteiger partial charge in [-0.3, -0.25) is 9.59 Å². The molecule has 0 aromatic heterocycles. The van der Waals surface area contributed by atoms with Crippen LogP contribution < -0.4 is 10.1 Å². The molecule has 0 spiro atoms. The van der Waals surface area contributed by atoms with E-state index in [0.29, 0.717) is 22.8 Å². The van der Waals surface area contributed by atoms with Gasteiger partial charge in [-0.25, -0.2) is 9.40 Å². The molecule has 0 radical (unpaired) electrons. The van der Waals surface area contributed by atoms with Gasteiger partial charge in [-0.15, -0.1) is 0 Å². The third-order valence-corrected chi connectivity index (χ3v) is 7.37. The summed E-state index contributed by atoms with van der Waals surface area (Å²) >= 11 is 1.18. The maximum atomic E-state index is 14.8. The topological polar surface area (TPSA) is 83.4 Å². The molecule has 188 valence electrons. The molecule has 2 atom stereocenters. The lowest BCUT2D eigenvalue weighted by Crippen LogP contribution is -2.25. The number of aryl methyl sites for hydroxylation is 1. The molecule has 2 heterocycles. The average Bonchev–Trinajstić information content (AvgIpc) is 3.49. The second kappa shape index (κ2) is 10.6. The lowest BCUT2D eigenvalue weighted by atomic mass is 9.98. The molecule has 0 fully saturated rings. The predicted molar refractivity (Wildman–Crippen MR) is 143 cm³/mol. The summed E-state index contributed by atoms with van der Waals surface area (Å²) in [4.78, 5) is 29.6. The summed E-state index contributed by atoms with van der Waals surface area (Å²) in [5, 5.41) is 8.87. The minimum atomic E-state index is -0.679. The molecule has 2 aliphatic rings. The van der Waals surface area contributed by atoms with Crippen LogP contribution in [0.4, 0.5) is 10.1 Å². The molecule has 5 rings (SSSR count). The third-order valence-electron chi connectivity index (χ3n) is 6.23. The van der Waals surface area contributed by atoms with E-state index in [2.05, 4.69) is 10.3 Å². The number of ether oxygens (including phenoxy) is 1. The highest BCUT2D eigenvalue weighted by atomic mass is 32.2.